The summed E-state index contributed by atoms with van der Waals surface area (Å²) in [4.78, 5) is 15.9. The van der Waals surface area contributed by atoms with E-state index in [9.17, 15) is 0 Å². The second kappa shape index (κ2) is 4.97. The second-order valence-electron chi connectivity index (χ2n) is 3.52. The van der Waals surface area contributed by atoms with Crippen LogP contribution in [0.3, 0.4) is 0 Å². The van der Waals surface area contributed by atoms with E-state index in [0.717, 1.165) is 9.35 Å². The predicted octanol–water partition coefficient (Wildman–Crippen LogP) is 2.47. The van der Waals surface area contributed by atoms with Crippen LogP contribution in [0.15, 0.2) is 15.9 Å². The Bertz CT molecular complexity index is 525. The molecule has 7 heteroatoms. The van der Waals surface area contributed by atoms with E-state index in [1.54, 1.807) is 18.4 Å². The Kier molecular flexibility index (Phi) is 3.58. The summed E-state index contributed by atoms with van der Waals surface area (Å²) in [7, 11) is 5.60. The molecule has 0 aliphatic carbocycles. The molecule has 0 aliphatic heterocycles. The first-order valence-electron chi connectivity index (χ1n) is 4.96. The third kappa shape index (κ3) is 2.55. The first-order valence-corrected chi connectivity index (χ1v) is 6.63. The van der Waals surface area contributed by atoms with Gasteiger partial charge in [0.1, 0.15) is 0 Å². The lowest BCUT2D eigenvalue weighted by atomic mass is 10.4. The Balaban J connectivity index is 2.54. The van der Waals surface area contributed by atoms with E-state index in [-0.39, 0.29) is 0 Å². The van der Waals surface area contributed by atoms with Gasteiger partial charge in [0.25, 0.3) is 0 Å². The minimum absolute atomic E-state index is 0.569. The molecule has 2 heterocycles. The molecular formula is C10H12BrN5S. The minimum Gasteiger partial charge on any atom is -0.357 e. The Morgan fingerprint density at radius 3 is 2.59 bits per heavy atom. The molecular weight excluding hydrogens is 302 g/mol. The van der Waals surface area contributed by atoms with Gasteiger partial charge < -0.3 is 10.2 Å². The molecule has 0 saturated heterocycles. The van der Waals surface area contributed by atoms with Crippen LogP contribution < -0.4 is 10.2 Å². The molecule has 0 fully saturated rings. The maximum absolute atomic E-state index is 4.43. The van der Waals surface area contributed by atoms with Crippen molar-refractivity contribution in [1.82, 2.24) is 15.0 Å². The quantitative estimate of drug-likeness (QED) is 0.943. The van der Waals surface area contributed by atoms with Gasteiger partial charge in [-0.25, -0.2) is 0 Å². The van der Waals surface area contributed by atoms with E-state index in [1.165, 1.54) is 0 Å². The normalized spacial score (nSPS) is 10.4. The smallest absolute Gasteiger partial charge is 0.230 e. The van der Waals surface area contributed by atoms with Crippen molar-refractivity contribution in [3.63, 3.8) is 0 Å². The van der Waals surface area contributed by atoms with Gasteiger partial charge in [0, 0.05) is 25.6 Å². The number of rotatable bonds is 3. The number of nitrogens with zero attached hydrogens (tertiary/aromatic N) is 4. The van der Waals surface area contributed by atoms with Crippen LogP contribution >= 0.6 is 27.3 Å². The average Bonchev–Trinajstić information content (AvgIpc) is 2.74. The van der Waals surface area contributed by atoms with Crippen molar-refractivity contribution in [3.8, 4) is 10.7 Å². The van der Waals surface area contributed by atoms with Crippen molar-refractivity contribution in [3.05, 3.63) is 15.9 Å². The summed E-state index contributed by atoms with van der Waals surface area (Å²) in [5, 5.41) is 4.94. The van der Waals surface area contributed by atoms with Gasteiger partial charge in [0.05, 0.1) is 4.88 Å². The van der Waals surface area contributed by atoms with Crippen LogP contribution in [0.5, 0.6) is 0 Å². The maximum atomic E-state index is 4.43. The predicted molar refractivity (Wildman–Crippen MR) is 74.7 cm³/mol. The van der Waals surface area contributed by atoms with Gasteiger partial charge in [-0.3, -0.25) is 0 Å². The largest absolute Gasteiger partial charge is 0.357 e. The number of aromatic nitrogens is 3. The van der Waals surface area contributed by atoms with Gasteiger partial charge in [-0.15, -0.1) is 11.3 Å². The van der Waals surface area contributed by atoms with Gasteiger partial charge in [-0.2, -0.15) is 15.0 Å². The van der Waals surface area contributed by atoms with Crippen LogP contribution in [0.4, 0.5) is 11.9 Å². The average molecular weight is 314 g/mol. The molecule has 0 aromatic carbocycles. The summed E-state index contributed by atoms with van der Waals surface area (Å²) in [6.07, 6.45) is 0. The van der Waals surface area contributed by atoms with Crippen LogP contribution in [0.25, 0.3) is 10.7 Å². The van der Waals surface area contributed by atoms with Gasteiger partial charge >= 0.3 is 0 Å². The number of anilines is 2. The lowest BCUT2D eigenvalue weighted by Gasteiger charge is -2.12. The summed E-state index contributed by atoms with van der Waals surface area (Å²) in [6, 6.07) is 1.98. The first kappa shape index (κ1) is 12.3. The minimum atomic E-state index is 0.569. The number of hydrogen-bond donors (Lipinski definition) is 1. The highest BCUT2D eigenvalue weighted by Crippen LogP contribution is 2.32. The fourth-order valence-corrected chi connectivity index (χ4v) is 2.71. The molecule has 0 saturated carbocycles. The molecule has 0 radical (unpaired) electrons. The third-order valence-corrected chi connectivity index (χ3v) is 3.90. The number of halogens is 1. The highest BCUT2D eigenvalue weighted by Gasteiger charge is 2.12. The number of nitrogens with one attached hydrogen (secondary N) is 1. The Hall–Kier alpha value is -1.21. The lowest BCUT2D eigenvalue weighted by Crippen LogP contribution is -2.15. The van der Waals surface area contributed by atoms with Crippen molar-refractivity contribution in [2.75, 3.05) is 31.4 Å². The Morgan fingerprint density at radius 2 is 2.06 bits per heavy atom. The van der Waals surface area contributed by atoms with Crippen molar-refractivity contribution in [2.45, 2.75) is 0 Å². The SMILES string of the molecule is CNc1nc(-c2sccc2Br)nc(N(C)C)n1. The molecule has 90 valence electrons. The molecule has 2 rings (SSSR count). The van der Waals surface area contributed by atoms with Crippen molar-refractivity contribution in [2.24, 2.45) is 0 Å². The van der Waals surface area contributed by atoms with Crippen LogP contribution in [0.1, 0.15) is 0 Å². The Morgan fingerprint density at radius 1 is 1.29 bits per heavy atom. The topological polar surface area (TPSA) is 53.9 Å². The van der Waals surface area contributed by atoms with Gasteiger partial charge in [-0.05, 0) is 27.4 Å². The highest BCUT2D eigenvalue weighted by molar-refractivity contribution is 9.10. The Labute approximate surface area is 112 Å². The molecule has 0 atom stereocenters. The lowest BCUT2D eigenvalue weighted by molar-refractivity contribution is 0.965. The zero-order valence-electron chi connectivity index (χ0n) is 9.73. The summed E-state index contributed by atoms with van der Waals surface area (Å²) >= 11 is 5.08. The molecule has 2 aromatic rings. The summed E-state index contributed by atoms with van der Waals surface area (Å²) < 4.78 is 1.00. The van der Waals surface area contributed by atoms with E-state index in [4.69, 9.17) is 0 Å². The zero-order valence-corrected chi connectivity index (χ0v) is 12.1. The fourth-order valence-electron chi connectivity index (χ4n) is 1.23. The van der Waals surface area contributed by atoms with Crippen molar-refractivity contribution in [1.29, 1.82) is 0 Å². The fraction of sp³-hybridized carbons (Fsp3) is 0.300. The third-order valence-electron chi connectivity index (χ3n) is 2.07. The van der Waals surface area contributed by atoms with Crippen LogP contribution in [0.2, 0.25) is 0 Å². The van der Waals surface area contributed by atoms with Crippen LogP contribution in [0, 0.1) is 0 Å². The molecule has 0 unspecified atom stereocenters. The molecule has 2 aromatic heterocycles. The number of hydrogen-bond acceptors (Lipinski definition) is 6. The standard InChI is InChI=1S/C10H12BrN5S/c1-12-9-13-8(7-6(11)4-5-17-7)14-10(15-9)16(2)3/h4-5H,1-3H3,(H,12,13,14,15). The summed E-state index contributed by atoms with van der Waals surface area (Å²) in [5.41, 5.74) is 0. The molecule has 0 spiro atoms. The van der Waals surface area contributed by atoms with E-state index < -0.39 is 0 Å². The molecule has 0 aliphatic rings. The van der Waals surface area contributed by atoms with E-state index in [0.29, 0.717) is 17.7 Å². The molecule has 5 nitrogen and oxygen atoms in total. The monoisotopic (exact) mass is 313 g/mol. The van der Waals surface area contributed by atoms with Gasteiger partial charge in [0.2, 0.25) is 11.9 Å². The van der Waals surface area contributed by atoms with E-state index in [2.05, 4.69) is 36.2 Å². The first-order chi connectivity index (χ1) is 8.11. The zero-order chi connectivity index (χ0) is 12.4. The molecule has 17 heavy (non-hydrogen) atoms. The molecule has 0 bridgehead atoms. The molecule has 1 N–H and O–H groups in total. The maximum Gasteiger partial charge on any atom is 0.230 e. The van der Waals surface area contributed by atoms with Gasteiger partial charge in [0.15, 0.2) is 5.82 Å². The summed E-state index contributed by atoms with van der Waals surface area (Å²) in [6.45, 7) is 0. The van der Waals surface area contributed by atoms with Crippen LogP contribution in [-0.2, 0) is 0 Å². The van der Waals surface area contributed by atoms with Crippen molar-refractivity contribution >= 4 is 39.2 Å². The number of thiophene rings is 1. The van der Waals surface area contributed by atoms with E-state index >= 15 is 0 Å². The summed E-state index contributed by atoms with van der Waals surface area (Å²) in [5.74, 6) is 1.88. The van der Waals surface area contributed by atoms with Crippen molar-refractivity contribution < 1.29 is 0 Å². The van der Waals surface area contributed by atoms with Gasteiger partial charge in [-0.1, -0.05) is 0 Å². The van der Waals surface area contributed by atoms with Crippen LogP contribution in [-0.4, -0.2) is 36.1 Å². The van der Waals surface area contributed by atoms with E-state index in [1.807, 2.05) is 30.4 Å². The molecule has 0 amide bonds. The highest BCUT2D eigenvalue weighted by atomic mass is 79.9. The second-order valence-corrected chi connectivity index (χ2v) is 5.30.